The van der Waals surface area contributed by atoms with Crippen molar-refractivity contribution in [1.82, 2.24) is 10.3 Å². The lowest BCUT2D eigenvalue weighted by molar-refractivity contribution is -0.275. The normalized spacial score (nSPS) is 23.3. The van der Waals surface area contributed by atoms with Crippen molar-refractivity contribution in [3.8, 4) is 34.0 Å². The summed E-state index contributed by atoms with van der Waals surface area (Å²) < 4.78 is 117. The third-order valence-corrected chi connectivity index (χ3v) is 21.1. The molecule has 8 aromatic rings. The van der Waals surface area contributed by atoms with Crippen molar-refractivity contribution < 1.29 is 73.8 Å². The summed E-state index contributed by atoms with van der Waals surface area (Å²) in [5.74, 6) is 2.03. The van der Waals surface area contributed by atoms with Gasteiger partial charge in [0.1, 0.15) is 34.4 Å². The number of nitrogens with zero attached hydrogens (tertiary/aromatic N) is 2. The number of para-hydroxylation sites is 2. The number of alkyl halides is 6. The number of thioether (sulfide) groups is 2. The number of hydrogen-bond donors (Lipinski definition) is 1. The summed E-state index contributed by atoms with van der Waals surface area (Å²) in [4.78, 5) is 25.6. The Labute approximate surface area is 505 Å². The van der Waals surface area contributed by atoms with Crippen LogP contribution in [0.5, 0.6) is 11.5 Å². The Bertz CT molecular complexity index is 3810. The van der Waals surface area contributed by atoms with E-state index in [9.17, 15) is 41.0 Å². The minimum absolute atomic E-state index is 0.0527. The van der Waals surface area contributed by atoms with Crippen molar-refractivity contribution in [1.29, 1.82) is 0 Å². The molecule has 2 aromatic heterocycles. The first-order chi connectivity index (χ1) is 42.0. The number of methoxy groups -OCH3 is 1. The molecule has 0 aliphatic heterocycles. The molecule has 454 valence electrons. The number of carbonyl (C=O) groups is 2. The van der Waals surface area contributed by atoms with Crippen LogP contribution < -0.4 is 9.47 Å². The van der Waals surface area contributed by atoms with E-state index >= 15 is 0 Å². The molecule has 4 bridgehead atoms. The van der Waals surface area contributed by atoms with Gasteiger partial charge in [-0.15, -0.1) is 49.9 Å². The summed E-state index contributed by atoms with van der Waals surface area (Å²) in [6.45, 7) is 0.473. The molecule has 6 saturated carbocycles. The Kier molecular flexibility index (Phi) is 16.6. The maximum atomic E-state index is 13.1. The maximum Gasteiger partial charge on any atom is 0.573 e. The third kappa shape index (κ3) is 13.4. The molecule has 0 saturated heterocycles. The van der Waals surface area contributed by atoms with Crippen LogP contribution in [0.2, 0.25) is 0 Å². The van der Waals surface area contributed by atoms with Crippen LogP contribution in [0.1, 0.15) is 132 Å². The number of esters is 1. The Balaban J connectivity index is 0.000000161. The van der Waals surface area contributed by atoms with E-state index in [0.29, 0.717) is 68.2 Å². The minimum atomic E-state index is -4.82. The zero-order valence-electron chi connectivity index (χ0n) is 47.3. The molecule has 14 rings (SSSR count). The molecule has 0 amide bonds. The number of halogens is 6. The lowest BCUT2D eigenvalue weighted by atomic mass is 9.86. The van der Waals surface area contributed by atoms with E-state index in [1.165, 1.54) is 41.2 Å². The summed E-state index contributed by atoms with van der Waals surface area (Å²) in [7, 11) is 1.38. The molecule has 6 aliphatic rings. The van der Waals surface area contributed by atoms with Crippen molar-refractivity contribution in [3.05, 3.63) is 155 Å². The van der Waals surface area contributed by atoms with Crippen LogP contribution in [0.25, 0.3) is 44.1 Å². The average molecular weight is 1230 g/mol. The number of carboxylic acids is 1. The molecule has 0 radical (unpaired) electrons. The molecular weight excluding hydrogens is 1170 g/mol. The first-order valence-corrected chi connectivity index (χ1v) is 31.4. The average Bonchev–Trinajstić information content (AvgIpc) is 2.56. The number of aromatic carboxylic acids is 1. The van der Waals surface area contributed by atoms with Crippen LogP contribution in [0.3, 0.4) is 0 Å². The lowest BCUT2D eigenvalue weighted by Crippen LogP contribution is -2.32. The van der Waals surface area contributed by atoms with Gasteiger partial charge in [0.2, 0.25) is 0 Å². The van der Waals surface area contributed by atoms with E-state index in [1.54, 1.807) is 42.5 Å². The highest BCUT2D eigenvalue weighted by Gasteiger charge is 2.46. The SMILES string of the molecule is COC(=O)c1ccc2cc(SC3C4CCC3CC(OCc3c(-c5ccccc5OC(F)(F)F)noc3C3CC3)C4)ccc2c1.O=C(O)c1ccc2cc(SC3C4CCC3CC(OCc3c(-c5ccccc5OC(F)(F)F)noc3C3CC3)C4)ccc2c1. The fourth-order valence-corrected chi connectivity index (χ4v) is 16.7. The second-order valence-electron chi connectivity index (χ2n) is 23.8. The molecule has 1 N–H and O–H groups in total. The van der Waals surface area contributed by atoms with Gasteiger partial charge in [-0.2, -0.15) is 0 Å². The van der Waals surface area contributed by atoms with Crippen LogP contribution in [0.4, 0.5) is 26.3 Å². The molecule has 6 fully saturated rings. The topological polar surface area (TPSA) is 153 Å². The summed E-state index contributed by atoms with van der Waals surface area (Å²) >= 11 is 3.84. The van der Waals surface area contributed by atoms with Crippen LogP contribution in [0, 0.1) is 23.7 Å². The molecule has 2 heterocycles. The number of carboxylic acid groups (broad SMARTS) is 1. The first kappa shape index (κ1) is 59.0. The minimum Gasteiger partial charge on any atom is -0.478 e. The van der Waals surface area contributed by atoms with Crippen molar-refractivity contribution in [2.45, 2.75) is 147 Å². The highest BCUT2D eigenvalue weighted by atomic mass is 32.2. The monoisotopic (exact) mass is 1230 g/mol. The zero-order chi connectivity index (χ0) is 60.1. The molecule has 20 heteroatoms. The molecule has 87 heavy (non-hydrogen) atoms. The fourth-order valence-electron chi connectivity index (χ4n) is 13.6. The Morgan fingerprint density at radius 2 is 0.920 bits per heavy atom. The first-order valence-electron chi connectivity index (χ1n) is 29.6. The second-order valence-corrected chi connectivity index (χ2v) is 26.3. The predicted octanol–water partition coefficient (Wildman–Crippen LogP) is 17.8. The molecule has 4 unspecified atom stereocenters. The van der Waals surface area contributed by atoms with E-state index < -0.39 is 18.7 Å². The van der Waals surface area contributed by atoms with E-state index in [1.807, 2.05) is 47.8 Å². The maximum absolute atomic E-state index is 13.1. The third-order valence-electron chi connectivity index (χ3n) is 18.0. The Morgan fingerprint density at radius 3 is 1.32 bits per heavy atom. The van der Waals surface area contributed by atoms with Crippen LogP contribution >= 0.6 is 23.5 Å². The number of rotatable bonds is 18. The van der Waals surface area contributed by atoms with E-state index in [-0.39, 0.29) is 71.4 Å². The van der Waals surface area contributed by atoms with Gasteiger partial charge >= 0.3 is 24.7 Å². The smallest absolute Gasteiger partial charge is 0.478 e. The highest BCUT2D eigenvalue weighted by molar-refractivity contribution is 8.00. The number of carbonyl (C=O) groups excluding carboxylic acids is 1. The summed E-state index contributed by atoms with van der Waals surface area (Å²) in [6.07, 6.45) is 2.69. The van der Waals surface area contributed by atoms with Crippen molar-refractivity contribution in [2.75, 3.05) is 7.11 Å². The fraction of sp³-hybridized carbons (Fsp3) is 0.403. The van der Waals surface area contributed by atoms with Gasteiger partial charge in [-0.3, -0.25) is 0 Å². The Hall–Kier alpha value is -7.00. The molecule has 6 aliphatic carbocycles. The quantitative estimate of drug-likeness (QED) is 0.0640. The van der Waals surface area contributed by atoms with Gasteiger partial charge in [-0.05, 0) is 195 Å². The van der Waals surface area contributed by atoms with E-state index in [0.717, 1.165) is 104 Å². The van der Waals surface area contributed by atoms with Gasteiger partial charge in [0.25, 0.3) is 0 Å². The summed E-state index contributed by atoms with van der Waals surface area (Å²) in [6, 6.07) is 35.5. The summed E-state index contributed by atoms with van der Waals surface area (Å²) in [5, 5.41) is 22.7. The highest BCUT2D eigenvalue weighted by Crippen LogP contribution is 2.54. The number of aromatic nitrogens is 2. The summed E-state index contributed by atoms with van der Waals surface area (Å²) in [5.41, 5.74) is 3.45. The number of benzene rings is 6. The van der Waals surface area contributed by atoms with Gasteiger partial charge in [0.15, 0.2) is 0 Å². The molecule has 12 nitrogen and oxygen atoms in total. The van der Waals surface area contributed by atoms with Crippen LogP contribution in [0.15, 0.2) is 140 Å². The molecular formula is C67H62F6N2O10S2. The molecule has 4 atom stereocenters. The van der Waals surface area contributed by atoms with Gasteiger partial charge in [-0.1, -0.05) is 58.8 Å². The standard InChI is InChI=1S/C34H32F3NO5S.C33H30F3NO5S/c1-40-33(39)24-11-8-21-17-26(13-12-20(21)14-24)44-32-22-9-10-23(32)16-25(15-22)41-18-28-30(38-43-31(28)19-6-7-19)27-4-2-3-5-29(27)42-34(35,36)37;34-33(35,36)41-28-4-2-1-3-26(28)29-27(30(42-37-29)18-5-6-18)17-40-24-14-21-8-9-22(15-24)31(21)43-25-12-11-19-13-23(32(38)39)10-7-20(19)16-25/h2-5,8,11-14,17,19,22-23,25,32H,6-7,9-10,15-16,18H2,1H3;1-4,7,10-13,16,18,21-22,24,31H,5-6,8-9,14-15,17H2,(H,38,39). The predicted molar refractivity (Wildman–Crippen MR) is 315 cm³/mol. The van der Waals surface area contributed by atoms with E-state index in [2.05, 4.69) is 50.1 Å². The number of ether oxygens (including phenoxy) is 5. The lowest BCUT2D eigenvalue weighted by Gasteiger charge is -2.35. The number of fused-ring (bicyclic) bond motifs is 6. The zero-order valence-corrected chi connectivity index (χ0v) is 49.0. The van der Waals surface area contributed by atoms with Crippen molar-refractivity contribution in [3.63, 3.8) is 0 Å². The van der Waals surface area contributed by atoms with Gasteiger partial charge < -0.3 is 37.8 Å². The van der Waals surface area contributed by atoms with E-state index in [4.69, 9.17) is 23.3 Å². The van der Waals surface area contributed by atoms with Crippen molar-refractivity contribution in [2.24, 2.45) is 23.7 Å². The second kappa shape index (κ2) is 24.5. The largest absolute Gasteiger partial charge is 0.573 e. The van der Waals surface area contributed by atoms with Gasteiger partial charge in [0.05, 0.1) is 43.7 Å². The molecule has 0 spiro atoms. The van der Waals surface area contributed by atoms with Crippen LogP contribution in [-0.4, -0.2) is 69.9 Å². The van der Waals surface area contributed by atoms with Gasteiger partial charge in [0, 0.05) is 54.4 Å². The Morgan fingerprint density at radius 1 is 0.529 bits per heavy atom. The van der Waals surface area contributed by atoms with Crippen LogP contribution in [-0.2, 0) is 27.4 Å². The number of hydrogen-bond acceptors (Lipinski definition) is 13. The molecule has 6 aromatic carbocycles. The van der Waals surface area contributed by atoms with Crippen molar-refractivity contribution >= 4 is 57.0 Å². The van der Waals surface area contributed by atoms with Gasteiger partial charge in [-0.25, -0.2) is 9.59 Å².